The number of ether oxygens (including phenoxy) is 2. The highest BCUT2D eigenvalue weighted by Crippen LogP contribution is 2.43. The number of aromatic hydroxyl groups is 1. The monoisotopic (exact) mass is 661 g/mol. The van der Waals surface area contributed by atoms with E-state index < -0.39 is 6.29 Å². The van der Waals surface area contributed by atoms with Crippen LogP contribution in [0.15, 0.2) is 108 Å². The van der Waals surface area contributed by atoms with Gasteiger partial charge in [-0.2, -0.15) is 4.68 Å². The number of amides is 1. The van der Waals surface area contributed by atoms with Gasteiger partial charge < -0.3 is 25.0 Å². The van der Waals surface area contributed by atoms with Gasteiger partial charge in [0.05, 0.1) is 41.7 Å². The largest absolute Gasteiger partial charge is 0.508 e. The summed E-state index contributed by atoms with van der Waals surface area (Å²) in [5, 5.41) is 35.0. The Morgan fingerprint density at radius 1 is 0.938 bits per heavy atom. The van der Waals surface area contributed by atoms with Gasteiger partial charge >= 0.3 is 0 Å². The Hall–Kier alpha value is -5.21. The zero-order valence-electron chi connectivity index (χ0n) is 25.7. The van der Waals surface area contributed by atoms with Gasteiger partial charge in [0.1, 0.15) is 11.4 Å². The van der Waals surface area contributed by atoms with E-state index in [2.05, 4.69) is 37.7 Å². The molecule has 0 bridgehead atoms. The van der Waals surface area contributed by atoms with Crippen LogP contribution in [0.25, 0.3) is 16.7 Å². The molecule has 12 nitrogen and oxygen atoms in total. The summed E-state index contributed by atoms with van der Waals surface area (Å²) in [4.78, 5) is 22.0. The molecule has 0 radical (unpaired) electrons. The number of aromatic nitrogens is 6. The molecule has 0 aliphatic carbocycles. The maximum Gasteiger partial charge on any atom is 0.275 e. The summed E-state index contributed by atoms with van der Waals surface area (Å²) >= 11 is 1.45. The van der Waals surface area contributed by atoms with Gasteiger partial charge in [-0.1, -0.05) is 67.2 Å². The quantitative estimate of drug-likeness (QED) is 0.165. The number of benzene rings is 4. The molecule has 48 heavy (non-hydrogen) atoms. The number of hydrogen-bond donors (Lipinski definition) is 3. The van der Waals surface area contributed by atoms with E-state index in [9.17, 15) is 15.0 Å². The number of aliphatic hydroxyl groups is 1. The molecule has 13 heteroatoms. The van der Waals surface area contributed by atoms with Crippen molar-refractivity contribution in [3.8, 4) is 11.4 Å². The van der Waals surface area contributed by atoms with Crippen molar-refractivity contribution in [2.24, 2.45) is 5.92 Å². The highest BCUT2D eigenvalue weighted by molar-refractivity contribution is 7.99. The molecule has 1 amide bonds. The fourth-order valence-corrected chi connectivity index (χ4v) is 6.57. The number of carbonyl (C=O) groups is 1. The number of nitrogens with zero attached hydrogens (tertiary/aromatic N) is 6. The van der Waals surface area contributed by atoms with Crippen LogP contribution in [0.5, 0.6) is 5.75 Å². The number of nitrogens with one attached hydrogen (secondary N) is 1. The summed E-state index contributed by atoms with van der Waals surface area (Å²) < 4.78 is 14.8. The molecule has 1 aliphatic heterocycles. The minimum Gasteiger partial charge on any atom is -0.508 e. The molecule has 0 saturated carbocycles. The summed E-state index contributed by atoms with van der Waals surface area (Å²) in [5.41, 5.74) is 5.31. The van der Waals surface area contributed by atoms with Crippen molar-refractivity contribution in [1.29, 1.82) is 0 Å². The number of carbonyl (C=O) groups excluding carboxylic acids is 1. The first-order valence-electron chi connectivity index (χ1n) is 15.3. The number of thioether (sulfide) groups is 1. The van der Waals surface area contributed by atoms with E-state index in [-0.39, 0.29) is 42.1 Å². The van der Waals surface area contributed by atoms with Crippen molar-refractivity contribution in [3.05, 3.63) is 126 Å². The first-order chi connectivity index (χ1) is 23.4. The number of para-hydroxylation sites is 2. The third kappa shape index (κ3) is 6.75. The maximum atomic E-state index is 13.1. The van der Waals surface area contributed by atoms with Crippen LogP contribution in [-0.2, 0) is 16.1 Å². The second-order valence-corrected chi connectivity index (χ2v) is 12.3. The Kier molecular flexibility index (Phi) is 9.07. The normalized spacial score (nSPS) is 19.3. The number of hydrogen-bond acceptors (Lipinski definition) is 11. The van der Waals surface area contributed by atoms with Crippen molar-refractivity contribution in [3.63, 3.8) is 0 Å². The Morgan fingerprint density at radius 2 is 1.73 bits per heavy atom. The van der Waals surface area contributed by atoms with E-state index in [1.54, 1.807) is 35.0 Å². The van der Waals surface area contributed by atoms with Gasteiger partial charge in [0.25, 0.3) is 5.91 Å². The lowest BCUT2D eigenvalue weighted by Crippen LogP contribution is -2.38. The van der Waals surface area contributed by atoms with Crippen LogP contribution in [0.1, 0.15) is 46.5 Å². The summed E-state index contributed by atoms with van der Waals surface area (Å²) in [6.07, 6.45) is 0.0943. The maximum absolute atomic E-state index is 13.1. The van der Waals surface area contributed by atoms with Gasteiger partial charge in [-0.15, -0.1) is 5.10 Å². The number of fused-ring (bicyclic) bond motifs is 1. The summed E-state index contributed by atoms with van der Waals surface area (Å²) in [7, 11) is 0. The van der Waals surface area contributed by atoms with Crippen molar-refractivity contribution in [1.82, 2.24) is 30.2 Å². The first-order valence-corrected chi connectivity index (χ1v) is 16.3. The second kappa shape index (κ2) is 13.9. The van der Waals surface area contributed by atoms with Crippen molar-refractivity contribution in [2.75, 3.05) is 11.1 Å². The van der Waals surface area contributed by atoms with Gasteiger partial charge in [-0.25, -0.2) is 4.98 Å². The molecule has 2 aromatic heterocycles. The molecular formula is C35H31N7O5S. The fraction of sp³-hybridized carbons (Fsp3) is 0.200. The van der Waals surface area contributed by atoms with Crippen LogP contribution >= 0.6 is 11.8 Å². The van der Waals surface area contributed by atoms with E-state index in [1.165, 1.54) is 18.0 Å². The lowest BCUT2D eigenvalue weighted by molar-refractivity contribution is -0.268. The predicted molar refractivity (Wildman–Crippen MR) is 178 cm³/mol. The Bertz CT molecular complexity index is 2040. The van der Waals surface area contributed by atoms with Crippen LogP contribution in [0.2, 0.25) is 0 Å². The van der Waals surface area contributed by atoms with Crippen LogP contribution in [0.4, 0.5) is 5.69 Å². The average Bonchev–Trinajstić information content (AvgIpc) is 3.60. The first kappa shape index (κ1) is 31.4. The number of rotatable bonds is 9. The number of aliphatic hydroxyl groups excluding tert-OH is 1. The molecule has 4 aromatic carbocycles. The third-order valence-electron chi connectivity index (χ3n) is 8.13. The lowest BCUT2D eigenvalue weighted by atomic mass is 9.91. The van der Waals surface area contributed by atoms with Crippen molar-refractivity contribution < 1.29 is 24.5 Å². The molecule has 1 fully saturated rings. The zero-order chi connectivity index (χ0) is 33.0. The molecule has 4 atom stereocenters. The van der Waals surface area contributed by atoms with Gasteiger partial charge in [0, 0.05) is 22.9 Å². The number of tetrazole rings is 1. The number of anilines is 1. The molecule has 242 valence electrons. The average molecular weight is 662 g/mol. The van der Waals surface area contributed by atoms with Crippen LogP contribution in [0, 0.1) is 5.92 Å². The molecule has 3 heterocycles. The predicted octanol–water partition coefficient (Wildman–Crippen LogP) is 5.64. The molecule has 0 unspecified atom stereocenters. The van der Waals surface area contributed by atoms with E-state index in [1.807, 2.05) is 66.7 Å². The molecule has 7 rings (SSSR count). The molecule has 6 aromatic rings. The van der Waals surface area contributed by atoms with Gasteiger partial charge in [-0.3, -0.25) is 9.78 Å². The van der Waals surface area contributed by atoms with E-state index >= 15 is 0 Å². The van der Waals surface area contributed by atoms with Crippen LogP contribution in [-0.4, -0.2) is 58.2 Å². The van der Waals surface area contributed by atoms with Gasteiger partial charge in [0.15, 0.2) is 6.29 Å². The van der Waals surface area contributed by atoms with Gasteiger partial charge in [0.2, 0.25) is 5.16 Å². The van der Waals surface area contributed by atoms with E-state index in [4.69, 9.17) is 9.47 Å². The lowest BCUT2D eigenvalue weighted by Gasteiger charge is -2.41. The summed E-state index contributed by atoms with van der Waals surface area (Å²) in [6, 6.07) is 29.1. The topological polar surface area (TPSA) is 157 Å². The van der Waals surface area contributed by atoms with E-state index in [0.29, 0.717) is 27.6 Å². The highest BCUT2D eigenvalue weighted by Gasteiger charge is 2.38. The summed E-state index contributed by atoms with van der Waals surface area (Å²) in [5.74, 6) is 0.218. The smallest absolute Gasteiger partial charge is 0.275 e. The number of phenols is 1. The molecule has 0 spiro atoms. The molecule has 1 saturated heterocycles. The Morgan fingerprint density at radius 3 is 2.52 bits per heavy atom. The fourth-order valence-electron chi connectivity index (χ4n) is 5.52. The molecule has 1 aliphatic rings. The second-order valence-electron chi connectivity index (χ2n) is 11.3. The molecule has 3 N–H and O–H groups in total. The minimum absolute atomic E-state index is 0.0502. The van der Waals surface area contributed by atoms with Crippen LogP contribution in [0.3, 0.4) is 0 Å². The standard InChI is InChI=1S/C35H31N7O5S/c1-21-31(20-48-35-39-40-41-42(35)26-13-15-27(44)16-14-26)46-34(47-32(21)23-11-9-22(19-43)10-12-23)24-5-4-6-25(17-24)37-33(45)30-18-36-28-7-2-3-8-29(28)38-30/h2-18,21,31-32,34,43-44H,19-20H2,1H3,(H,37,45)/t21-,31+,32+,34+/m0/s1. The number of phenolic OH excluding ortho intramolecular Hbond substituents is 1. The summed E-state index contributed by atoms with van der Waals surface area (Å²) in [6.45, 7) is 2.03. The zero-order valence-corrected chi connectivity index (χ0v) is 26.6. The Labute approximate surface area is 279 Å². The molecular weight excluding hydrogens is 630 g/mol. The van der Waals surface area contributed by atoms with Gasteiger partial charge in [-0.05, 0) is 70.1 Å². The van der Waals surface area contributed by atoms with Crippen LogP contribution < -0.4 is 5.32 Å². The SMILES string of the molecule is C[C@H]1[C@@H](CSc2nnnn2-c2ccc(O)cc2)O[C@@H](c2cccc(NC(=O)c3cnc4ccccc4n3)c2)O[C@H]1c1ccc(CO)cc1. The van der Waals surface area contributed by atoms with E-state index in [0.717, 1.165) is 22.4 Å². The van der Waals surface area contributed by atoms with Crippen molar-refractivity contribution in [2.45, 2.75) is 37.2 Å². The third-order valence-corrected chi connectivity index (χ3v) is 9.14. The minimum atomic E-state index is -0.750. The van der Waals surface area contributed by atoms with Crippen molar-refractivity contribution >= 4 is 34.4 Å². The highest BCUT2D eigenvalue weighted by atomic mass is 32.2. The Balaban J connectivity index is 1.13.